The Labute approximate surface area is 140 Å². The lowest BCUT2D eigenvalue weighted by atomic mass is 9.89. The van der Waals surface area contributed by atoms with Gasteiger partial charge in [-0.3, -0.25) is 4.79 Å². The van der Waals surface area contributed by atoms with Gasteiger partial charge in [0.05, 0.1) is 6.42 Å². The third-order valence-electron chi connectivity index (χ3n) is 4.35. The first-order valence-electron chi connectivity index (χ1n) is 8.11. The van der Waals surface area contributed by atoms with Crippen molar-refractivity contribution in [2.75, 3.05) is 0 Å². The number of nitrogens with zero attached hydrogens (tertiary/aromatic N) is 1. The molecule has 1 N–H and O–H groups in total. The molecular weight excluding hydrogens is 314 g/mol. The number of carboxylic acid groups (broad SMARTS) is 1. The summed E-state index contributed by atoms with van der Waals surface area (Å²) in [5.74, 6) is 0.946. The summed E-state index contributed by atoms with van der Waals surface area (Å²) in [5, 5.41) is 9.61. The fraction of sp³-hybridized carbons (Fsp3) is 0.444. The monoisotopic (exact) mass is 333 g/mol. The highest BCUT2D eigenvalue weighted by molar-refractivity contribution is 6.30. The topological polar surface area (TPSA) is 63.3 Å². The molecule has 1 aromatic carbocycles. The van der Waals surface area contributed by atoms with E-state index in [1.807, 2.05) is 24.3 Å². The van der Waals surface area contributed by atoms with Crippen LogP contribution in [0.5, 0.6) is 0 Å². The highest BCUT2D eigenvalue weighted by atomic mass is 35.5. The maximum atomic E-state index is 10.9. The Balaban J connectivity index is 1.92. The molecule has 1 fully saturated rings. The number of carbonyl (C=O) groups is 1. The van der Waals surface area contributed by atoms with Crippen LogP contribution in [0.1, 0.15) is 56.1 Å². The van der Waals surface area contributed by atoms with E-state index < -0.39 is 5.97 Å². The molecule has 0 aliphatic heterocycles. The summed E-state index contributed by atoms with van der Waals surface area (Å²) >= 11 is 5.95. The highest BCUT2D eigenvalue weighted by Crippen LogP contribution is 2.35. The molecule has 4 nitrogen and oxygen atoms in total. The molecule has 1 aliphatic carbocycles. The van der Waals surface area contributed by atoms with Crippen molar-refractivity contribution >= 4 is 17.6 Å². The van der Waals surface area contributed by atoms with Crippen molar-refractivity contribution in [3.8, 4) is 11.3 Å². The fourth-order valence-electron chi connectivity index (χ4n) is 3.12. The Hall–Kier alpha value is -1.81. The molecular formula is C18H20ClNO3. The molecule has 0 atom stereocenters. The molecule has 1 aromatic heterocycles. The van der Waals surface area contributed by atoms with Crippen LogP contribution in [0, 0.1) is 0 Å². The standard InChI is InChI=1S/C18H20ClNO3/c19-14-8-6-12(7-9-14)17-15(10-11-16(21)22)23-18(20-17)13-4-2-1-3-5-13/h6-9,13H,1-5,10-11H2,(H,21,22). The Kier molecular flexibility index (Phi) is 5.01. The average Bonchev–Trinajstić information content (AvgIpc) is 2.99. The van der Waals surface area contributed by atoms with E-state index >= 15 is 0 Å². The third-order valence-corrected chi connectivity index (χ3v) is 4.60. The van der Waals surface area contributed by atoms with Crippen LogP contribution in [-0.4, -0.2) is 16.1 Å². The minimum Gasteiger partial charge on any atom is -0.481 e. The molecule has 0 saturated heterocycles. The summed E-state index contributed by atoms with van der Waals surface area (Å²) in [6.07, 6.45) is 6.26. The van der Waals surface area contributed by atoms with Crippen LogP contribution in [0.4, 0.5) is 0 Å². The fourth-order valence-corrected chi connectivity index (χ4v) is 3.24. The zero-order valence-electron chi connectivity index (χ0n) is 12.9. The van der Waals surface area contributed by atoms with E-state index in [2.05, 4.69) is 0 Å². The molecule has 0 bridgehead atoms. The predicted molar refractivity (Wildman–Crippen MR) is 88.7 cm³/mol. The molecule has 3 rings (SSSR count). The zero-order valence-corrected chi connectivity index (χ0v) is 13.7. The summed E-state index contributed by atoms with van der Waals surface area (Å²) < 4.78 is 5.98. The first-order valence-corrected chi connectivity index (χ1v) is 8.48. The zero-order chi connectivity index (χ0) is 16.2. The van der Waals surface area contributed by atoms with Gasteiger partial charge in [0.1, 0.15) is 11.5 Å². The summed E-state index contributed by atoms with van der Waals surface area (Å²) in [4.78, 5) is 15.6. The summed E-state index contributed by atoms with van der Waals surface area (Å²) in [6.45, 7) is 0. The number of oxazole rings is 1. The molecule has 0 spiro atoms. The van der Waals surface area contributed by atoms with E-state index in [9.17, 15) is 4.79 Å². The summed E-state index contributed by atoms with van der Waals surface area (Å²) in [5.41, 5.74) is 1.67. The van der Waals surface area contributed by atoms with Gasteiger partial charge < -0.3 is 9.52 Å². The van der Waals surface area contributed by atoms with Gasteiger partial charge in [0.15, 0.2) is 5.89 Å². The Morgan fingerprint density at radius 2 is 1.91 bits per heavy atom. The predicted octanol–water partition coefficient (Wildman–Crippen LogP) is 5.06. The maximum Gasteiger partial charge on any atom is 0.303 e. The Morgan fingerprint density at radius 3 is 2.57 bits per heavy atom. The number of aliphatic carboxylic acids is 1. The van der Waals surface area contributed by atoms with Gasteiger partial charge in [-0.1, -0.05) is 43.0 Å². The Bertz CT molecular complexity index is 672. The number of hydrogen-bond donors (Lipinski definition) is 1. The highest BCUT2D eigenvalue weighted by Gasteiger charge is 2.24. The first-order chi connectivity index (χ1) is 11.1. The first kappa shape index (κ1) is 16.1. The molecule has 2 aromatic rings. The van der Waals surface area contributed by atoms with Gasteiger partial charge in [-0.05, 0) is 25.0 Å². The number of benzene rings is 1. The molecule has 0 radical (unpaired) electrons. The van der Waals surface area contributed by atoms with Gasteiger partial charge in [0.25, 0.3) is 0 Å². The minimum absolute atomic E-state index is 0.0416. The lowest BCUT2D eigenvalue weighted by Crippen LogP contribution is -2.04. The van der Waals surface area contributed by atoms with Gasteiger partial charge in [0.2, 0.25) is 0 Å². The van der Waals surface area contributed by atoms with Crippen LogP contribution in [-0.2, 0) is 11.2 Å². The molecule has 122 valence electrons. The molecule has 0 unspecified atom stereocenters. The lowest BCUT2D eigenvalue weighted by molar-refractivity contribution is -0.137. The largest absolute Gasteiger partial charge is 0.481 e. The summed E-state index contributed by atoms with van der Waals surface area (Å²) in [7, 11) is 0. The Morgan fingerprint density at radius 1 is 1.22 bits per heavy atom. The molecule has 1 saturated carbocycles. The van der Waals surface area contributed by atoms with Gasteiger partial charge in [-0.25, -0.2) is 4.98 Å². The van der Waals surface area contributed by atoms with Crippen molar-refractivity contribution in [2.24, 2.45) is 0 Å². The van der Waals surface area contributed by atoms with Crippen molar-refractivity contribution in [2.45, 2.75) is 50.9 Å². The number of halogens is 1. The lowest BCUT2D eigenvalue weighted by Gasteiger charge is -2.17. The maximum absolute atomic E-state index is 10.9. The number of aryl methyl sites for hydroxylation is 1. The smallest absolute Gasteiger partial charge is 0.303 e. The quantitative estimate of drug-likeness (QED) is 0.830. The number of rotatable bonds is 5. The van der Waals surface area contributed by atoms with Crippen molar-refractivity contribution in [1.29, 1.82) is 0 Å². The minimum atomic E-state index is -0.831. The van der Waals surface area contributed by atoms with E-state index in [1.54, 1.807) is 0 Å². The van der Waals surface area contributed by atoms with Crippen molar-refractivity contribution in [1.82, 2.24) is 4.98 Å². The normalized spacial score (nSPS) is 15.7. The second-order valence-electron chi connectivity index (χ2n) is 6.06. The van der Waals surface area contributed by atoms with E-state index in [1.165, 1.54) is 19.3 Å². The van der Waals surface area contributed by atoms with E-state index in [4.69, 9.17) is 26.1 Å². The van der Waals surface area contributed by atoms with E-state index in [-0.39, 0.29) is 6.42 Å². The van der Waals surface area contributed by atoms with Crippen LogP contribution in [0.25, 0.3) is 11.3 Å². The number of carboxylic acids is 1. The van der Waals surface area contributed by atoms with Crippen LogP contribution >= 0.6 is 11.6 Å². The number of hydrogen-bond acceptors (Lipinski definition) is 3. The van der Waals surface area contributed by atoms with Gasteiger partial charge in [-0.2, -0.15) is 0 Å². The molecule has 1 aliphatic rings. The van der Waals surface area contributed by atoms with Gasteiger partial charge >= 0.3 is 5.97 Å². The van der Waals surface area contributed by atoms with E-state index in [0.29, 0.717) is 23.1 Å². The molecule has 0 amide bonds. The molecule has 5 heteroatoms. The summed E-state index contributed by atoms with van der Waals surface area (Å²) in [6, 6.07) is 7.42. The van der Waals surface area contributed by atoms with Gasteiger partial charge in [-0.15, -0.1) is 0 Å². The van der Waals surface area contributed by atoms with Crippen molar-refractivity contribution < 1.29 is 14.3 Å². The average molecular weight is 334 g/mol. The van der Waals surface area contributed by atoms with E-state index in [0.717, 1.165) is 30.0 Å². The van der Waals surface area contributed by atoms with Crippen LogP contribution < -0.4 is 0 Å². The van der Waals surface area contributed by atoms with Crippen LogP contribution in [0.15, 0.2) is 28.7 Å². The van der Waals surface area contributed by atoms with Crippen LogP contribution in [0.3, 0.4) is 0 Å². The van der Waals surface area contributed by atoms with Crippen molar-refractivity contribution in [3.63, 3.8) is 0 Å². The second-order valence-corrected chi connectivity index (χ2v) is 6.50. The van der Waals surface area contributed by atoms with Crippen molar-refractivity contribution in [3.05, 3.63) is 40.9 Å². The SMILES string of the molecule is O=C(O)CCc1oc(C2CCCCC2)nc1-c1ccc(Cl)cc1. The third kappa shape index (κ3) is 3.94. The number of aromatic nitrogens is 1. The molecule has 1 heterocycles. The van der Waals surface area contributed by atoms with Gasteiger partial charge in [0, 0.05) is 22.9 Å². The second kappa shape index (κ2) is 7.18. The van der Waals surface area contributed by atoms with Crippen LogP contribution in [0.2, 0.25) is 5.02 Å². The molecule has 23 heavy (non-hydrogen) atoms.